The number of aromatic nitrogens is 4. The number of phenols is 1. The Labute approximate surface area is 219 Å². The second-order valence-electron chi connectivity index (χ2n) is 9.98. The molecule has 1 heterocycles. The van der Waals surface area contributed by atoms with Gasteiger partial charge < -0.3 is 10.4 Å². The van der Waals surface area contributed by atoms with Gasteiger partial charge in [-0.2, -0.15) is 4.80 Å². The molecule has 0 fully saturated rings. The maximum atomic E-state index is 13.9. The third-order valence-electron chi connectivity index (χ3n) is 5.63. The second-order valence-corrected chi connectivity index (χ2v) is 9.98. The van der Waals surface area contributed by atoms with Crippen molar-refractivity contribution in [3.8, 4) is 17.1 Å². The van der Waals surface area contributed by atoms with Gasteiger partial charge in [-0.3, -0.25) is 14.5 Å². The van der Waals surface area contributed by atoms with E-state index in [9.17, 15) is 19.1 Å². The molecular weight excluding hydrogens is 487 g/mol. The molecule has 1 atom stereocenters. The summed E-state index contributed by atoms with van der Waals surface area (Å²) < 4.78 is 13.3. The Hall–Kier alpha value is -4.60. The van der Waals surface area contributed by atoms with Gasteiger partial charge in [0.2, 0.25) is 11.7 Å². The van der Waals surface area contributed by atoms with E-state index >= 15 is 0 Å². The maximum absolute atomic E-state index is 13.9. The van der Waals surface area contributed by atoms with E-state index in [1.807, 2.05) is 39.8 Å². The quantitative estimate of drug-likeness (QED) is 0.381. The molecular formula is C28H29FN6O3. The smallest absolute Gasteiger partial charge is 0.251 e. The summed E-state index contributed by atoms with van der Waals surface area (Å²) in [5.74, 6) is -0.967. The second kappa shape index (κ2) is 10.8. The molecule has 0 saturated carbocycles. The van der Waals surface area contributed by atoms with E-state index in [4.69, 9.17) is 0 Å². The van der Waals surface area contributed by atoms with Crippen LogP contribution in [0.15, 0.2) is 72.8 Å². The van der Waals surface area contributed by atoms with Gasteiger partial charge in [-0.15, -0.1) is 10.2 Å². The number of aromatic hydroxyl groups is 1. The molecule has 0 bridgehead atoms. The number of anilines is 1. The predicted octanol–water partition coefficient (Wildman–Crippen LogP) is 4.18. The van der Waals surface area contributed by atoms with Crippen molar-refractivity contribution >= 4 is 17.5 Å². The highest BCUT2D eigenvalue weighted by Crippen LogP contribution is 2.30. The minimum Gasteiger partial charge on any atom is -0.508 e. The molecule has 4 rings (SSSR count). The summed E-state index contributed by atoms with van der Waals surface area (Å²) in [5.41, 5.74) is 1.99. The number of rotatable bonds is 7. The number of benzene rings is 3. The van der Waals surface area contributed by atoms with Crippen LogP contribution in [0.5, 0.6) is 5.75 Å². The fraction of sp³-hybridized carbons (Fsp3) is 0.250. The molecule has 10 heteroatoms. The molecule has 38 heavy (non-hydrogen) atoms. The molecule has 3 aromatic carbocycles. The van der Waals surface area contributed by atoms with Gasteiger partial charge in [-0.25, -0.2) is 4.39 Å². The zero-order valence-electron chi connectivity index (χ0n) is 21.6. The zero-order valence-corrected chi connectivity index (χ0v) is 21.6. The summed E-state index contributed by atoms with van der Waals surface area (Å²) in [6, 6.07) is 18.0. The van der Waals surface area contributed by atoms with Gasteiger partial charge >= 0.3 is 0 Å². The van der Waals surface area contributed by atoms with Crippen LogP contribution in [-0.4, -0.2) is 42.7 Å². The molecule has 0 aliphatic rings. The lowest BCUT2D eigenvalue weighted by Crippen LogP contribution is -2.50. The molecule has 2 amide bonds. The Morgan fingerprint density at radius 3 is 2.24 bits per heavy atom. The first kappa shape index (κ1) is 26.5. The number of carbonyl (C=O) groups excluding carboxylic acids is 2. The molecule has 0 radical (unpaired) electrons. The van der Waals surface area contributed by atoms with Crippen molar-refractivity contribution in [2.24, 2.45) is 0 Å². The summed E-state index contributed by atoms with van der Waals surface area (Å²) in [7, 11) is 0. The Kier molecular flexibility index (Phi) is 7.52. The molecule has 0 aliphatic carbocycles. The van der Waals surface area contributed by atoms with Crippen LogP contribution >= 0.6 is 0 Å². The van der Waals surface area contributed by atoms with Crippen LogP contribution in [0.2, 0.25) is 0 Å². The van der Waals surface area contributed by atoms with Crippen LogP contribution in [0.4, 0.5) is 10.1 Å². The van der Waals surface area contributed by atoms with Gasteiger partial charge in [-0.1, -0.05) is 29.8 Å². The fourth-order valence-corrected chi connectivity index (χ4v) is 3.88. The van der Waals surface area contributed by atoms with E-state index in [2.05, 4.69) is 20.7 Å². The Bertz CT molecular complexity index is 1410. The first-order valence-corrected chi connectivity index (χ1v) is 12.0. The van der Waals surface area contributed by atoms with Crippen LogP contribution in [0.25, 0.3) is 11.4 Å². The third-order valence-corrected chi connectivity index (χ3v) is 5.63. The monoisotopic (exact) mass is 516 g/mol. The summed E-state index contributed by atoms with van der Waals surface area (Å²) in [4.78, 5) is 30.0. The highest BCUT2D eigenvalue weighted by molar-refractivity contribution is 6.01. The van der Waals surface area contributed by atoms with Crippen LogP contribution in [-0.2, 0) is 16.1 Å². The summed E-state index contributed by atoms with van der Waals surface area (Å²) in [6.07, 6.45) is 0. The van der Waals surface area contributed by atoms with Gasteiger partial charge in [0.05, 0.1) is 0 Å². The number of hydrogen-bond acceptors (Lipinski definition) is 6. The zero-order chi connectivity index (χ0) is 27.4. The van der Waals surface area contributed by atoms with Gasteiger partial charge in [0.25, 0.3) is 5.91 Å². The van der Waals surface area contributed by atoms with Gasteiger partial charge in [0.15, 0.2) is 0 Å². The molecule has 0 aliphatic heterocycles. The first-order chi connectivity index (χ1) is 18.0. The molecule has 0 spiro atoms. The Balaban J connectivity index is 1.73. The average Bonchev–Trinajstić information content (AvgIpc) is 3.31. The number of aryl methyl sites for hydroxylation is 1. The molecule has 1 aromatic heterocycles. The number of nitrogens with zero attached hydrogens (tertiary/aromatic N) is 5. The molecule has 196 valence electrons. The van der Waals surface area contributed by atoms with E-state index < -0.39 is 23.4 Å². The van der Waals surface area contributed by atoms with Gasteiger partial charge in [0, 0.05) is 16.8 Å². The van der Waals surface area contributed by atoms with Crippen LogP contribution in [0.3, 0.4) is 0 Å². The molecule has 9 nitrogen and oxygen atoms in total. The van der Waals surface area contributed by atoms with E-state index in [1.54, 1.807) is 24.3 Å². The van der Waals surface area contributed by atoms with Crippen molar-refractivity contribution in [3.63, 3.8) is 0 Å². The maximum Gasteiger partial charge on any atom is 0.251 e. The average molecular weight is 517 g/mol. The highest BCUT2D eigenvalue weighted by atomic mass is 19.1. The highest BCUT2D eigenvalue weighted by Gasteiger charge is 2.35. The number of tetrazole rings is 1. The normalized spacial score (nSPS) is 12.1. The van der Waals surface area contributed by atoms with Crippen molar-refractivity contribution in [3.05, 3.63) is 89.7 Å². The molecule has 2 N–H and O–H groups in total. The van der Waals surface area contributed by atoms with E-state index in [0.29, 0.717) is 16.8 Å². The van der Waals surface area contributed by atoms with E-state index in [1.165, 1.54) is 41.3 Å². The first-order valence-electron chi connectivity index (χ1n) is 12.0. The SMILES string of the molecule is Cc1ccc(N(C(=O)Cn2nnc(-c3ccc(F)cc3)n2)C(C(=O)NC(C)(C)C)c2ccc(O)cc2)cc1. The number of halogens is 1. The number of carbonyl (C=O) groups is 2. The number of nitrogens with one attached hydrogen (secondary N) is 1. The summed E-state index contributed by atoms with van der Waals surface area (Å²) in [5, 5.41) is 25.1. The molecule has 4 aromatic rings. The lowest BCUT2D eigenvalue weighted by molar-refractivity contribution is -0.128. The number of amides is 2. The number of phenolic OH excluding ortho intramolecular Hbond substituents is 1. The summed E-state index contributed by atoms with van der Waals surface area (Å²) >= 11 is 0. The van der Waals surface area contributed by atoms with Gasteiger partial charge in [-0.05, 0) is 87.0 Å². The Morgan fingerprint density at radius 1 is 1.00 bits per heavy atom. The Morgan fingerprint density at radius 2 is 1.63 bits per heavy atom. The van der Waals surface area contributed by atoms with Crippen LogP contribution in [0, 0.1) is 12.7 Å². The van der Waals surface area contributed by atoms with Gasteiger partial charge in [0.1, 0.15) is 24.2 Å². The van der Waals surface area contributed by atoms with Crippen molar-refractivity contribution in [2.75, 3.05) is 4.90 Å². The minimum atomic E-state index is -1.05. The predicted molar refractivity (Wildman–Crippen MR) is 141 cm³/mol. The molecule has 1 unspecified atom stereocenters. The van der Waals surface area contributed by atoms with Crippen molar-refractivity contribution in [2.45, 2.75) is 45.8 Å². The lowest BCUT2D eigenvalue weighted by atomic mass is 10.0. The van der Waals surface area contributed by atoms with Crippen LogP contribution in [0.1, 0.15) is 37.9 Å². The van der Waals surface area contributed by atoms with E-state index in [-0.39, 0.29) is 23.9 Å². The summed E-state index contributed by atoms with van der Waals surface area (Å²) in [6.45, 7) is 7.18. The van der Waals surface area contributed by atoms with Crippen molar-refractivity contribution in [1.29, 1.82) is 0 Å². The fourth-order valence-electron chi connectivity index (χ4n) is 3.88. The topological polar surface area (TPSA) is 113 Å². The van der Waals surface area contributed by atoms with Crippen molar-refractivity contribution in [1.82, 2.24) is 25.5 Å². The lowest BCUT2D eigenvalue weighted by Gasteiger charge is -2.33. The largest absolute Gasteiger partial charge is 0.508 e. The van der Waals surface area contributed by atoms with E-state index in [0.717, 1.165) is 10.4 Å². The minimum absolute atomic E-state index is 0.0390. The van der Waals surface area contributed by atoms with Crippen LogP contribution < -0.4 is 10.2 Å². The third kappa shape index (κ3) is 6.39. The molecule has 0 saturated heterocycles. The van der Waals surface area contributed by atoms with Crippen molar-refractivity contribution < 1.29 is 19.1 Å². The number of hydrogen-bond donors (Lipinski definition) is 2. The standard InChI is InChI=1S/C28H29FN6O3/c1-18-5-13-22(14-6-18)35(25(27(38)30-28(2,3)4)19-9-15-23(36)16-10-19)24(37)17-34-32-26(31-33-34)20-7-11-21(29)12-8-20/h5-16,25,36H,17H2,1-4H3,(H,30,38).